The molecule has 0 bridgehead atoms. The van der Waals surface area contributed by atoms with Gasteiger partial charge >= 0.3 is 0 Å². The molecule has 0 aliphatic heterocycles. The number of nitrogens with two attached hydrogens (primary N) is 1. The third-order valence-corrected chi connectivity index (χ3v) is 5.78. The van der Waals surface area contributed by atoms with E-state index in [0.29, 0.717) is 24.3 Å². The summed E-state index contributed by atoms with van der Waals surface area (Å²) in [7, 11) is 3.13. The minimum atomic E-state index is -1.42. The number of carbonyl (C=O) groups is 2. The van der Waals surface area contributed by atoms with Crippen molar-refractivity contribution in [3.8, 4) is 11.5 Å². The zero-order chi connectivity index (χ0) is 26.0. The molecule has 0 saturated heterocycles. The molecular formula is C27H40ClN3O5. The van der Waals surface area contributed by atoms with Crippen molar-refractivity contribution in [1.29, 1.82) is 0 Å². The highest BCUT2D eigenvalue weighted by atomic mass is 35.5. The van der Waals surface area contributed by atoms with Crippen LogP contribution in [0.25, 0.3) is 0 Å². The number of ether oxygens (including phenoxy) is 2. The molecule has 8 nitrogen and oxygen atoms in total. The molecule has 0 aliphatic rings. The molecular weight excluding hydrogens is 482 g/mol. The van der Waals surface area contributed by atoms with Gasteiger partial charge in [-0.3, -0.25) is 9.59 Å². The largest absolute Gasteiger partial charge is 0.497 e. The Bertz CT molecular complexity index is 935. The van der Waals surface area contributed by atoms with Crippen molar-refractivity contribution < 1.29 is 24.2 Å². The molecule has 3 atom stereocenters. The summed E-state index contributed by atoms with van der Waals surface area (Å²) in [6.07, 6.45) is -0.532. The van der Waals surface area contributed by atoms with Crippen LogP contribution >= 0.6 is 12.4 Å². The number of nitrogens with zero attached hydrogens (tertiary/aromatic N) is 1. The van der Waals surface area contributed by atoms with Gasteiger partial charge in [0.15, 0.2) is 6.10 Å². The lowest BCUT2D eigenvalue weighted by Crippen LogP contribution is -2.54. The number of aliphatic hydroxyl groups excluding tert-OH is 1. The Labute approximate surface area is 220 Å². The number of benzene rings is 2. The van der Waals surface area contributed by atoms with Gasteiger partial charge in [-0.25, -0.2) is 0 Å². The number of hydrogen-bond acceptors (Lipinski definition) is 6. The van der Waals surface area contributed by atoms with Crippen molar-refractivity contribution in [2.24, 2.45) is 11.7 Å². The normalized spacial score (nSPS) is 13.2. The van der Waals surface area contributed by atoms with Crippen LogP contribution in [0.4, 0.5) is 0 Å². The Morgan fingerprint density at radius 3 is 2.06 bits per heavy atom. The van der Waals surface area contributed by atoms with Crippen LogP contribution in [0, 0.1) is 5.92 Å². The summed E-state index contributed by atoms with van der Waals surface area (Å²) < 4.78 is 10.7. The zero-order valence-electron chi connectivity index (χ0n) is 21.8. The molecule has 2 unspecified atom stereocenters. The van der Waals surface area contributed by atoms with E-state index in [2.05, 4.69) is 5.32 Å². The number of amides is 2. The lowest BCUT2D eigenvalue weighted by atomic mass is 10.0. The third kappa shape index (κ3) is 9.33. The molecule has 9 heteroatoms. The summed E-state index contributed by atoms with van der Waals surface area (Å²) in [5.74, 6) is 0.600. The SMILES string of the molecule is CCC(NC(=O)[C@@H](N)CC(C)C)C(O)C(=O)N(Cc1ccccc1)Cc1cc(OC)cc(OC)c1.Cl. The van der Waals surface area contributed by atoms with E-state index >= 15 is 0 Å². The number of nitrogens with one attached hydrogen (secondary N) is 1. The Hall–Kier alpha value is -2.81. The summed E-state index contributed by atoms with van der Waals surface area (Å²) in [5, 5.41) is 13.8. The summed E-state index contributed by atoms with van der Waals surface area (Å²) >= 11 is 0. The van der Waals surface area contributed by atoms with E-state index in [1.807, 2.05) is 63.2 Å². The standard InChI is InChI=1S/C27H39N3O5.ClH/c1-6-24(29-26(32)23(28)12-18(2)3)25(31)27(33)30(16-19-10-8-7-9-11-19)17-20-13-21(34-4)15-22(14-20)35-5;/h7-11,13-15,18,23-25,31H,6,12,16-17,28H2,1-5H3,(H,29,32);1H/t23-,24?,25?;/m0./s1. The highest BCUT2D eigenvalue weighted by molar-refractivity contribution is 5.85. The van der Waals surface area contributed by atoms with Crippen molar-refractivity contribution in [1.82, 2.24) is 10.2 Å². The first-order valence-electron chi connectivity index (χ1n) is 12.0. The van der Waals surface area contributed by atoms with E-state index in [0.717, 1.165) is 11.1 Å². The molecule has 200 valence electrons. The molecule has 0 fully saturated rings. The van der Waals surface area contributed by atoms with Crippen molar-refractivity contribution >= 4 is 24.2 Å². The van der Waals surface area contributed by atoms with Gasteiger partial charge in [0.25, 0.3) is 5.91 Å². The van der Waals surface area contributed by atoms with Crippen LogP contribution in [-0.4, -0.2) is 54.2 Å². The van der Waals surface area contributed by atoms with Crippen molar-refractivity contribution in [2.45, 2.75) is 64.9 Å². The number of rotatable bonds is 13. The molecule has 36 heavy (non-hydrogen) atoms. The van der Waals surface area contributed by atoms with Crippen LogP contribution in [0.1, 0.15) is 44.7 Å². The molecule has 0 aliphatic carbocycles. The molecule has 2 aromatic rings. The second-order valence-electron chi connectivity index (χ2n) is 9.11. The summed E-state index contributed by atoms with van der Waals surface area (Å²) in [6.45, 7) is 6.28. The van der Waals surface area contributed by atoms with Gasteiger partial charge in [-0.2, -0.15) is 0 Å². The second kappa shape index (κ2) is 15.3. The fourth-order valence-electron chi connectivity index (χ4n) is 3.86. The molecule has 2 rings (SSSR count). The highest BCUT2D eigenvalue weighted by Crippen LogP contribution is 2.24. The number of halogens is 1. The van der Waals surface area contributed by atoms with Crippen LogP contribution < -0.4 is 20.5 Å². The summed E-state index contributed by atoms with van der Waals surface area (Å²) in [6, 6.07) is 13.5. The van der Waals surface area contributed by atoms with Gasteiger partial charge in [0, 0.05) is 19.2 Å². The lowest BCUT2D eigenvalue weighted by molar-refractivity contribution is -0.143. The second-order valence-corrected chi connectivity index (χ2v) is 9.11. The number of aliphatic hydroxyl groups is 1. The van der Waals surface area contributed by atoms with E-state index in [1.54, 1.807) is 25.2 Å². The van der Waals surface area contributed by atoms with Gasteiger partial charge in [0.1, 0.15) is 11.5 Å². The third-order valence-electron chi connectivity index (χ3n) is 5.78. The van der Waals surface area contributed by atoms with Gasteiger partial charge in [-0.15, -0.1) is 12.4 Å². The molecule has 4 N–H and O–H groups in total. The van der Waals surface area contributed by atoms with E-state index in [4.69, 9.17) is 15.2 Å². The molecule has 0 aromatic heterocycles. The topological polar surface area (TPSA) is 114 Å². The quantitative estimate of drug-likeness (QED) is 0.373. The van der Waals surface area contributed by atoms with Crippen LogP contribution in [0.3, 0.4) is 0 Å². The Balaban J connectivity index is 0.00000648. The van der Waals surface area contributed by atoms with E-state index in [1.165, 1.54) is 0 Å². The van der Waals surface area contributed by atoms with Crippen molar-refractivity contribution in [3.63, 3.8) is 0 Å². The molecule has 0 saturated carbocycles. The maximum absolute atomic E-state index is 13.5. The van der Waals surface area contributed by atoms with Crippen LogP contribution in [0.2, 0.25) is 0 Å². The van der Waals surface area contributed by atoms with Crippen LogP contribution in [0.15, 0.2) is 48.5 Å². The highest BCUT2D eigenvalue weighted by Gasteiger charge is 2.31. The maximum atomic E-state index is 13.5. The Kier molecular flexibility index (Phi) is 13.3. The fourth-order valence-corrected chi connectivity index (χ4v) is 3.86. The van der Waals surface area contributed by atoms with Gasteiger partial charge < -0.3 is 30.5 Å². The lowest BCUT2D eigenvalue weighted by Gasteiger charge is -2.30. The van der Waals surface area contributed by atoms with Gasteiger partial charge in [0.05, 0.1) is 26.3 Å². The Morgan fingerprint density at radius 2 is 1.56 bits per heavy atom. The molecule has 0 spiro atoms. The summed E-state index contributed by atoms with van der Waals surface area (Å²) in [4.78, 5) is 27.7. The van der Waals surface area contributed by atoms with E-state index < -0.39 is 24.1 Å². The number of hydrogen-bond donors (Lipinski definition) is 3. The van der Waals surface area contributed by atoms with Crippen LogP contribution in [-0.2, 0) is 22.7 Å². The zero-order valence-corrected chi connectivity index (χ0v) is 22.6. The van der Waals surface area contributed by atoms with Gasteiger partial charge in [-0.1, -0.05) is 51.1 Å². The summed E-state index contributed by atoms with van der Waals surface area (Å²) in [5.41, 5.74) is 7.71. The molecule has 0 radical (unpaired) electrons. The van der Waals surface area contributed by atoms with E-state index in [9.17, 15) is 14.7 Å². The minimum absolute atomic E-state index is 0. The van der Waals surface area contributed by atoms with E-state index in [-0.39, 0.29) is 37.3 Å². The monoisotopic (exact) mass is 521 g/mol. The van der Waals surface area contributed by atoms with Gasteiger partial charge in [-0.05, 0) is 42.0 Å². The smallest absolute Gasteiger partial charge is 0.254 e. The average Bonchev–Trinajstić information content (AvgIpc) is 2.85. The molecule has 2 amide bonds. The number of carbonyl (C=O) groups excluding carboxylic acids is 2. The minimum Gasteiger partial charge on any atom is -0.497 e. The first-order chi connectivity index (χ1) is 16.7. The van der Waals surface area contributed by atoms with Crippen molar-refractivity contribution in [3.05, 3.63) is 59.7 Å². The number of methoxy groups -OCH3 is 2. The predicted octanol–water partition coefficient (Wildman–Crippen LogP) is 3.28. The molecule has 2 aromatic carbocycles. The van der Waals surface area contributed by atoms with Gasteiger partial charge in [0.2, 0.25) is 5.91 Å². The maximum Gasteiger partial charge on any atom is 0.254 e. The predicted molar refractivity (Wildman–Crippen MR) is 143 cm³/mol. The first kappa shape index (κ1) is 31.2. The fraction of sp³-hybridized carbons (Fsp3) is 0.481. The molecule has 0 heterocycles. The Morgan fingerprint density at radius 1 is 1.00 bits per heavy atom. The average molecular weight is 522 g/mol. The van der Waals surface area contributed by atoms with Crippen LogP contribution in [0.5, 0.6) is 11.5 Å². The van der Waals surface area contributed by atoms with Crippen molar-refractivity contribution in [2.75, 3.05) is 14.2 Å². The first-order valence-corrected chi connectivity index (χ1v) is 12.0.